The number of thiocarbonyl (C=S) groups is 1. The summed E-state index contributed by atoms with van der Waals surface area (Å²) in [5.74, 6) is 0. The minimum atomic E-state index is -0.0905. The van der Waals surface area contributed by atoms with Gasteiger partial charge in [-0.2, -0.15) is 5.10 Å². The van der Waals surface area contributed by atoms with E-state index in [1.807, 2.05) is 13.3 Å². The molecule has 0 aliphatic heterocycles. The first-order chi connectivity index (χ1) is 9.36. The highest BCUT2D eigenvalue weighted by Gasteiger charge is 2.19. The fraction of sp³-hybridized carbons (Fsp3) is 0.688. The number of thioether (sulfide) groups is 1. The maximum atomic E-state index is 5.24. The first-order valence-corrected chi connectivity index (χ1v) is 8.83. The maximum Gasteiger partial charge on any atom is 0.156 e. The third-order valence-electron chi connectivity index (χ3n) is 3.77. The van der Waals surface area contributed by atoms with Crippen LogP contribution in [0.25, 0.3) is 0 Å². The van der Waals surface area contributed by atoms with Gasteiger partial charge in [0.1, 0.15) is 0 Å². The van der Waals surface area contributed by atoms with Gasteiger partial charge < -0.3 is 0 Å². The van der Waals surface area contributed by atoms with Gasteiger partial charge >= 0.3 is 0 Å². The Kier molecular flexibility index (Phi) is 7.01. The Morgan fingerprint density at radius 3 is 2.50 bits per heavy atom. The van der Waals surface area contributed by atoms with Crippen LogP contribution in [0.3, 0.4) is 0 Å². The Bertz CT molecular complexity index is 435. The molecule has 1 aliphatic carbocycles. The van der Waals surface area contributed by atoms with Gasteiger partial charge in [-0.15, -0.1) is 5.73 Å². The minimum absolute atomic E-state index is 0.0905. The molecule has 0 heterocycles. The molecular formula is C16H26N2S2. The molecule has 112 valence electrons. The van der Waals surface area contributed by atoms with Crippen LogP contribution in [0.15, 0.2) is 22.5 Å². The van der Waals surface area contributed by atoms with E-state index in [4.69, 9.17) is 12.2 Å². The fourth-order valence-corrected chi connectivity index (χ4v) is 2.38. The number of allylic oxidation sites excluding steroid dienone is 1. The van der Waals surface area contributed by atoms with Crippen molar-refractivity contribution in [3.8, 4) is 0 Å². The summed E-state index contributed by atoms with van der Waals surface area (Å²) in [6, 6.07) is 0. The van der Waals surface area contributed by atoms with Crippen molar-refractivity contribution in [1.82, 2.24) is 5.01 Å². The summed E-state index contributed by atoms with van der Waals surface area (Å²) >= 11 is 6.78. The lowest BCUT2D eigenvalue weighted by molar-refractivity contribution is 0.541. The molecule has 0 spiro atoms. The van der Waals surface area contributed by atoms with Gasteiger partial charge in [0, 0.05) is 18.2 Å². The molecule has 1 rings (SSSR count). The van der Waals surface area contributed by atoms with E-state index in [1.54, 1.807) is 16.8 Å². The Morgan fingerprint density at radius 1 is 1.35 bits per heavy atom. The summed E-state index contributed by atoms with van der Waals surface area (Å²) in [6.45, 7) is 6.42. The van der Waals surface area contributed by atoms with Crippen molar-refractivity contribution < 1.29 is 0 Å². The minimum Gasteiger partial charge on any atom is -0.252 e. The van der Waals surface area contributed by atoms with E-state index < -0.39 is 0 Å². The first-order valence-electron chi connectivity index (χ1n) is 7.20. The quantitative estimate of drug-likeness (QED) is 0.315. The zero-order valence-corrected chi connectivity index (χ0v) is 15.0. The lowest BCUT2D eigenvalue weighted by Gasteiger charge is -2.22. The van der Waals surface area contributed by atoms with Gasteiger partial charge in [0.25, 0.3) is 0 Å². The molecule has 0 aromatic rings. The first kappa shape index (κ1) is 17.5. The van der Waals surface area contributed by atoms with E-state index >= 15 is 0 Å². The number of hydrazone groups is 1. The Balaban J connectivity index is 2.83. The van der Waals surface area contributed by atoms with Gasteiger partial charge in [-0.25, -0.2) is 0 Å². The summed E-state index contributed by atoms with van der Waals surface area (Å²) in [7, 11) is 1.90. The van der Waals surface area contributed by atoms with Crippen LogP contribution in [-0.2, 0) is 0 Å². The Hall–Kier alpha value is -0.570. The Labute approximate surface area is 133 Å². The average Bonchev–Trinajstić information content (AvgIpc) is 2.45. The normalized spacial score (nSPS) is 16.6. The molecule has 0 radical (unpaired) electrons. The third kappa shape index (κ3) is 5.43. The van der Waals surface area contributed by atoms with Crippen LogP contribution >= 0.6 is 24.0 Å². The SMILES string of the molecule is CSC(=S)N(C)/N=C(\C)C(C)(C)C=C=C1CCCCC1. The van der Waals surface area contributed by atoms with Gasteiger partial charge in [-0.05, 0) is 50.5 Å². The van der Waals surface area contributed by atoms with Gasteiger partial charge in [0.15, 0.2) is 4.32 Å². The number of hydrogen-bond acceptors (Lipinski definition) is 3. The van der Waals surface area contributed by atoms with Crippen LogP contribution in [0.4, 0.5) is 0 Å². The summed E-state index contributed by atoms with van der Waals surface area (Å²) in [5.41, 5.74) is 5.94. The van der Waals surface area contributed by atoms with Crippen molar-refractivity contribution >= 4 is 34.0 Å². The highest BCUT2D eigenvalue weighted by molar-refractivity contribution is 8.22. The second-order valence-electron chi connectivity index (χ2n) is 5.85. The molecule has 1 saturated carbocycles. The van der Waals surface area contributed by atoms with E-state index in [-0.39, 0.29) is 5.41 Å². The molecule has 0 aromatic carbocycles. The van der Waals surface area contributed by atoms with Crippen LogP contribution in [0.1, 0.15) is 52.9 Å². The predicted octanol–water partition coefficient (Wildman–Crippen LogP) is 5.01. The highest BCUT2D eigenvalue weighted by Crippen LogP contribution is 2.24. The zero-order chi connectivity index (χ0) is 15.2. The molecule has 0 atom stereocenters. The predicted molar refractivity (Wildman–Crippen MR) is 95.4 cm³/mol. The van der Waals surface area contributed by atoms with Crippen molar-refractivity contribution in [1.29, 1.82) is 0 Å². The number of hydrogen-bond donors (Lipinski definition) is 0. The molecule has 0 saturated heterocycles. The largest absolute Gasteiger partial charge is 0.252 e. The lowest BCUT2D eigenvalue weighted by atomic mass is 9.87. The maximum absolute atomic E-state index is 5.24. The van der Waals surface area contributed by atoms with Gasteiger partial charge in [-0.1, -0.05) is 44.2 Å². The lowest BCUT2D eigenvalue weighted by Crippen LogP contribution is -2.24. The van der Waals surface area contributed by atoms with Gasteiger partial charge in [-0.3, -0.25) is 5.01 Å². The van der Waals surface area contributed by atoms with Crippen LogP contribution < -0.4 is 0 Å². The second-order valence-corrected chi connectivity index (χ2v) is 7.29. The van der Waals surface area contributed by atoms with Crippen LogP contribution in [0.2, 0.25) is 0 Å². The Morgan fingerprint density at radius 2 is 1.95 bits per heavy atom. The van der Waals surface area contributed by atoms with E-state index in [0.29, 0.717) is 0 Å². The van der Waals surface area contributed by atoms with Gasteiger partial charge in [0.2, 0.25) is 0 Å². The van der Waals surface area contributed by atoms with E-state index in [0.717, 1.165) is 10.0 Å². The number of nitrogens with zero attached hydrogens (tertiary/aromatic N) is 2. The molecule has 2 nitrogen and oxygen atoms in total. The van der Waals surface area contributed by atoms with Crippen molar-refractivity contribution in [3.63, 3.8) is 0 Å². The molecule has 1 fully saturated rings. The highest BCUT2D eigenvalue weighted by atomic mass is 32.2. The van der Waals surface area contributed by atoms with E-state index in [2.05, 4.69) is 37.7 Å². The van der Waals surface area contributed by atoms with Crippen LogP contribution in [0.5, 0.6) is 0 Å². The van der Waals surface area contributed by atoms with Crippen LogP contribution in [0, 0.1) is 5.41 Å². The van der Waals surface area contributed by atoms with Crippen LogP contribution in [-0.4, -0.2) is 28.3 Å². The molecular weight excluding hydrogens is 284 g/mol. The molecule has 0 amide bonds. The molecule has 20 heavy (non-hydrogen) atoms. The molecule has 0 bridgehead atoms. The summed E-state index contributed by atoms with van der Waals surface area (Å²) in [5, 5.41) is 6.37. The van der Waals surface area contributed by atoms with Crippen molar-refractivity contribution in [2.24, 2.45) is 10.5 Å². The van der Waals surface area contributed by atoms with E-state index in [1.165, 1.54) is 37.7 Å². The molecule has 4 heteroatoms. The zero-order valence-electron chi connectivity index (χ0n) is 13.3. The van der Waals surface area contributed by atoms with Crippen molar-refractivity contribution in [2.75, 3.05) is 13.3 Å². The topological polar surface area (TPSA) is 15.6 Å². The summed E-state index contributed by atoms with van der Waals surface area (Å²) < 4.78 is 0.787. The molecule has 0 unspecified atom stereocenters. The monoisotopic (exact) mass is 310 g/mol. The van der Waals surface area contributed by atoms with Crippen molar-refractivity contribution in [2.45, 2.75) is 52.9 Å². The average molecular weight is 311 g/mol. The van der Waals surface area contributed by atoms with Crippen molar-refractivity contribution in [3.05, 3.63) is 17.4 Å². The smallest absolute Gasteiger partial charge is 0.156 e. The van der Waals surface area contributed by atoms with E-state index in [9.17, 15) is 0 Å². The summed E-state index contributed by atoms with van der Waals surface area (Å²) in [4.78, 5) is 0. The molecule has 0 N–H and O–H groups in total. The second kappa shape index (κ2) is 8.02. The molecule has 0 aromatic heterocycles. The third-order valence-corrected chi connectivity index (χ3v) is 5.14. The standard InChI is InChI=1S/C16H26N2S2/c1-13(17-18(4)15(19)20-5)16(2,3)12-11-14-9-7-6-8-10-14/h12H,6-10H2,1-5H3/b17-13+. The van der Waals surface area contributed by atoms with Gasteiger partial charge in [0.05, 0.1) is 0 Å². The fourth-order valence-electron chi connectivity index (χ4n) is 2.04. The number of rotatable bonds is 3. The summed E-state index contributed by atoms with van der Waals surface area (Å²) in [6.07, 6.45) is 10.6. The molecule has 1 aliphatic rings.